The second-order valence-corrected chi connectivity index (χ2v) is 9.40. The van der Waals surface area contributed by atoms with Crippen molar-refractivity contribution >= 4 is 0 Å². The summed E-state index contributed by atoms with van der Waals surface area (Å²) in [4.78, 5) is 0. The van der Waals surface area contributed by atoms with Gasteiger partial charge in [-0.2, -0.15) is 8.78 Å². The number of unbranched alkanes of at least 4 members (excludes halogenated alkanes) is 1. The maximum absolute atomic E-state index is 14.0. The molecule has 0 spiro atoms. The zero-order chi connectivity index (χ0) is 30.5. The monoisotopic (exact) mass is 538 g/mol. The quantitative estimate of drug-likeness (QED) is 0.0822. The first-order valence-electron chi connectivity index (χ1n) is 12.9. The molecule has 0 heterocycles. The zero-order valence-electron chi connectivity index (χ0n) is 24.5. The molecule has 0 N–H and O–H groups in total. The molecule has 0 bridgehead atoms. The third kappa shape index (κ3) is 20.3. The molecule has 0 aromatic rings. The van der Waals surface area contributed by atoms with Crippen LogP contribution in [0.5, 0.6) is 0 Å². The first-order chi connectivity index (χ1) is 17.6. The SMILES string of the molecule is C=C.C=C(/C=C\C)C(C)CCC(C)C.C=C(F)/C=C\C(=C)C(=C)/C(F)=C\C(=C)OC(F)(F)C(C)CCCC. The molecule has 0 aliphatic rings. The normalized spacial score (nSPS) is 13.2. The summed E-state index contributed by atoms with van der Waals surface area (Å²) in [6.45, 7) is 35.3. The molecule has 0 amide bonds. The van der Waals surface area contributed by atoms with Crippen molar-refractivity contribution in [1.82, 2.24) is 0 Å². The van der Waals surface area contributed by atoms with Crippen LogP contribution in [-0.4, -0.2) is 6.11 Å². The van der Waals surface area contributed by atoms with Crippen LogP contribution in [0.15, 0.2) is 111 Å². The number of rotatable bonds is 16. The van der Waals surface area contributed by atoms with Gasteiger partial charge in [0.05, 0.1) is 5.92 Å². The number of ether oxygens (including phenoxy) is 1. The predicted octanol–water partition coefficient (Wildman–Crippen LogP) is 11.9. The van der Waals surface area contributed by atoms with E-state index in [9.17, 15) is 17.6 Å². The molecule has 38 heavy (non-hydrogen) atoms. The van der Waals surface area contributed by atoms with Crippen molar-refractivity contribution in [1.29, 1.82) is 0 Å². The third-order valence-electron chi connectivity index (χ3n) is 5.45. The van der Waals surface area contributed by atoms with Crippen LogP contribution in [0.2, 0.25) is 0 Å². The summed E-state index contributed by atoms with van der Waals surface area (Å²) in [5.74, 6) is -1.79. The molecule has 0 radical (unpaired) electrons. The van der Waals surface area contributed by atoms with E-state index in [4.69, 9.17) is 0 Å². The summed E-state index contributed by atoms with van der Waals surface area (Å²) in [5, 5.41) is 0. The minimum atomic E-state index is -3.45. The van der Waals surface area contributed by atoms with Crippen molar-refractivity contribution < 1.29 is 22.3 Å². The van der Waals surface area contributed by atoms with Crippen molar-refractivity contribution in [3.05, 3.63) is 111 Å². The van der Waals surface area contributed by atoms with Gasteiger partial charge in [-0.25, -0.2) is 8.78 Å². The fourth-order valence-corrected chi connectivity index (χ4v) is 2.80. The van der Waals surface area contributed by atoms with E-state index in [-0.39, 0.29) is 17.6 Å². The molecule has 0 aromatic heterocycles. The molecule has 0 aromatic carbocycles. The van der Waals surface area contributed by atoms with E-state index in [0.717, 1.165) is 18.4 Å². The van der Waals surface area contributed by atoms with Crippen LogP contribution in [0.1, 0.15) is 73.6 Å². The van der Waals surface area contributed by atoms with Gasteiger partial charge in [-0.3, -0.25) is 0 Å². The summed E-state index contributed by atoms with van der Waals surface area (Å²) >= 11 is 0. The Morgan fingerprint density at radius 2 is 1.42 bits per heavy atom. The van der Waals surface area contributed by atoms with Crippen molar-refractivity contribution in [3.8, 4) is 0 Å². The minimum Gasteiger partial charge on any atom is -0.433 e. The minimum absolute atomic E-state index is 0.0680. The van der Waals surface area contributed by atoms with Gasteiger partial charge in [0.15, 0.2) is 0 Å². The van der Waals surface area contributed by atoms with E-state index in [1.165, 1.54) is 31.4 Å². The van der Waals surface area contributed by atoms with Gasteiger partial charge in [0.2, 0.25) is 0 Å². The first kappa shape index (κ1) is 39.7. The van der Waals surface area contributed by atoms with Crippen LogP contribution < -0.4 is 0 Å². The Morgan fingerprint density at radius 3 is 1.87 bits per heavy atom. The number of halogens is 4. The van der Waals surface area contributed by atoms with Gasteiger partial charge in [-0.05, 0) is 43.3 Å². The molecule has 216 valence electrons. The van der Waals surface area contributed by atoms with Crippen molar-refractivity contribution in [2.75, 3.05) is 0 Å². The Labute approximate surface area is 230 Å². The highest BCUT2D eigenvalue weighted by Gasteiger charge is 2.38. The van der Waals surface area contributed by atoms with Gasteiger partial charge in [-0.15, -0.1) is 13.2 Å². The fraction of sp³-hybridized carbons (Fsp3) is 0.455. The molecule has 5 heteroatoms. The van der Waals surface area contributed by atoms with E-state index in [0.29, 0.717) is 18.4 Å². The van der Waals surface area contributed by atoms with Gasteiger partial charge in [0.1, 0.15) is 17.4 Å². The van der Waals surface area contributed by atoms with Crippen LogP contribution in [0.25, 0.3) is 0 Å². The van der Waals surface area contributed by atoms with Gasteiger partial charge < -0.3 is 4.74 Å². The highest BCUT2D eigenvalue weighted by molar-refractivity contribution is 5.47. The van der Waals surface area contributed by atoms with Crippen LogP contribution in [0.3, 0.4) is 0 Å². The van der Waals surface area contributed by atoms with E-state index in [1.54, 1.807) is 0 Å². The van der Waals surface area contributed by atoms with Gasteiger partial charge in [-0.1, -0.05) is 111 Å². The molecular formula is C33H50F4O. The van der Waals surface area contributed by atoms with Crippen LogP contribution in [0, 0.1) is 17.8 Å². The summed E-state index contributed by atoms with van der Waals surface area (Å²) in [7, 11) is 0. The Balaban J connectivity index is -0.000000733. The van der Waals surface area contributed by atoms with Crippen molar-refractivity contribution in [3.63, 3.8) is 0 Å². The summed E-state index contributed by atoms with van der Waals surface area (Å²) in [5.41, 5.74) is 1.14. The van der Waals surface area contributed by atoms with Crippen LogP contribution in [0.4, 0.5) is 17.6 Å². The average Bonchev–Trinajstić information content (AvgIpc) is 2.84. The van der Waals surface area contributed by atoms with Crippen LogP contribution >= 0.6 is 0 Å². The second-order valence-electron chi connectivity index (χ2n) is 9.40. The molecule has 0 aliphatic heterocycles. The van der Waals surface area contributed by atoms with Gasteiger partial charge >= 0.3 is 6.11 Å². The largest absolute Gasteiger partial charge is 0.433 e. The standard InChI is InChI=1S/C19H24F4O.C12H22.C2H4/c1-7-8-9-14(3)19(22,23)24-16(5)12-18(21)17(6)13(2)10-11-15(4)20;1-6-7-11(4)12(5)9-8-10(2)3;1-2/h10-12,14H,2,4-9H2,1,3H3;6-7,10,12H,4,8-9H2,1-3,5H3;1-2H2/b11-10-,18-12+;7-6-;. The molecule has 0 saturated heterocycles. The van der Waals surface area contributed by atoms with Gasteiger partial charge in [0, 0.05) is 11.6 Å². The highest BCUT2D eigenvalue weighted by atomic mass is 19.3. The molecule has 0 aliphatic carbocycles. The van der Waals surface area contributed by atoms with Gasteiger partial charge in [0.25, 0.3) is 0 Å². The highest BCUT2D eigenvalue weighted by Crippen LogP contribution is 2.32. The van der Waals surface area contributed by atoms with E-state index in [1.807, 2.05) is 13.8 Å². The average molecular weight is 539 g/mol. The molecule has 2 unspecified atom stereocenters. The van der Waals surface area contributed by atoms with Crippen molar-refractivity contribution in [2.24, 2.45) is 17.8 Å². The van der Waals surface area contributed by atoms with Crippen molar-refractivity contribution in [2.45, 2.75) is 79.8 Å². The van der Waals surface area contributed by atoms with Crippen LogP contribution in [-0.2, 0) is 4.74 Å². The third-order valence-corrected chi connectivity index (χ3v) is 5.45. The molecule has 0 saturated carbocycles. The van der Waals surface area contributed by atoms with E-state index in [2.05, 4.69) is 83.7 Å². The lowest BCUT2D eigenvalue weighted by Crippen LogP contribution is -2.29. The summed E-state index contributed by atoms with van der Waals surface area (Å²) < 4.78 is 58.7. The second kappa shape index (κ2) is 22.2. The molecular weight excluding hydrogens is 488 g/mol. The lowest BCUT2D eigenvalue weighted by Gasteiger charge is -2.24. The molecule has 0 fully saturated rings. The number of allylic oxidation sites excluding steroid dienone is 10. The fourth-order valence-electron chi connectivity index (χ4n) is 2.80. The maximum atomic E-state index is 14.0. The smallest absolute Gasteiger partial charge is 0.400 e. The van der Waals surface area contributed by atoms with E-state index < -0.39 is 29.4 Å². The summed E-state index contributed by atoms with van der Waals surface area (Å²) in [6.07, 6.45) is 7.86. The predicted molar refractivity (Wildman–Crippen MR) is 159 cm³/mol. The number of alkyl halides is 2. The zero-order valence-corrected chi connectivity index (χ0v) is 24.5. The molecule has 0 rings (SSSR count). The lowest BCUT2D eigenvalue weighted by molar-refractivity contribution is -0.244. The Kier molecular flexibility index (Phi) is 23.2. The topological polar surface area (TPSA) is 9.23 Å². The molecule has 1 nitrogen and oxygen atoms in total. The number of hydrogen-bond donors (Lipinski definition) is 0. The summed E-state index contributed by atoms with van der Waals surface area (Å²) in [6, 6.07) is 0. The Morgan fingerprint density at radius 1 is 0.868 bits per heavy atom. The first-order valence-corrected chi connectivity index (χ1v) is 12.9. The maximum Gasteiger partial charge on any atom is 0.400 e. The Hall–Kier alpha value is -2.82. The Bertz CT molecular complexity index is 843. The number of hydrogen-bond acceptors (Lipinski definition) is 1. The lowest BCUT2D eigenvalue weighted by atomic mass is 9.93. The van der Waals surface area contributed by atoms with E-state index >= 15 is 0 Å². The molecule has 2 atom stereocenters.